The van der Waals surface area contributed by atoms with Gasteiger partial charge < -0.3 is 20.5 Å². The van der Waals surface area contributed by atoms with Gasteiger partial charge in [-0.2, -0.15) is 0 Å². The smallest absolute Gasteiger partial charge is 0.190 e. The van der Waals surface area contributed by atoms with Crippen molar-refractivity contribution in [3.63, 3.8) is 0 Å². The number of nitrogens with one attached hydrogen (secondary N) is 2. The Bertz CT molecular complexity index is 301. The zero-order valence-electron chi connectivity index (χ0n) is 11.4. The number of hydrogen-bond donors (Lipinski definition) is 3. The number of ether oxygens (including phenoxy) is 1. The maximum Gasteiger partial charge on any atom is 0.190 e. The van der Waals surface area contributed by atoms with Gasteiger partial charge in [0.2, 0.25) is 0 Å². The van der Waals surface area contributed by atoms with Gasteiger partial charge in [0.05, 0.1) is 6.10 Å². The highest BCUT2D eigenvalue weighted by atomic mass is 16.5. The zero-order valence-corrected chi connectivity index (χ0v) is 11.4. The second-order valence-corrected chi connectivity index (χ2v) is 5.42. The molecule has 2 fully saturated rings. The number of aliphatic imine (C=N–C) groups is 1. The van der Waals surface area contributed by atoms with Crippen LogP contribution in [0.5, 0.6) is 0 Å². The van der Waals surface area contributed by atoms with Crippen LogP contribution in [-0.4, -0.2) is 51.0 Å². The van der Waals surface area contributed by atoms with Crippen molar-refractivity contribution < 1.29 is 9.84 Å². The van der Waals surface area contributed by atoms with Crippen LogP contribution in [0.15, 0.2) is 4.99 Å². The molecule has 0 bridgehead atoms. The molecule has 2 unspecified atom stereocenters. The minimum atomic E-state index is -0.205. The Morgan fingerprint density at radius 2 is 2.11 bits per heavy atom. The van der Waals surface area contributed by atoms with E-state index in [2.05, 4.69) is 15.6 Å². The Hall–Kier alpha value is -0.810. The molecule has 0 amide bonds. The normalized spacial score (nSPS) is 31.6. The summed E-state index contributed by atoms with van der Waals surface area (Å²) in [4.78, 5) is 4.09. The average Bonchev–Trinajstić information content (AvgIpc) is 2.70. The molecule has 5 nitrogen and oxygen atoms in total. The SMILES string of the molecule is CN=C(NC)NCC1CCC2(CCOCC2)C1O. The topological polar surface area (TPSA) is 65.9 Å². The highest BCUT2D eigenvalue weighted by molar-refractivity contribution is 5.79. The number of hydrogen-bond acceptors (Lipinski definition) is 3. The first kappa shape index (κ1) is 13.6. The van der Waals surface area contributed by atoms with Crippen molar-refractivity contribution in [1.82, 2.24) is 10.6 Å². The number of rotatable bonds is 2. The largest absolute Gasteiger partial charge is 0.392 e. The summed E-state index contributed by atoms with van der Waals surface area (Å²) < 4.78 is 5.42. The van der Waals surface area contributed by atoms with E-state index >= 15 is 0 Å². The Balaban J connectivity index is 1.88. The Kier molecular flexibility index (Phi) is 4.45. The average molecular weight is 255 g/mol. The molecule has 1 heterocycles. The van der Waals surface area contributed by atoms with E-state index in [0.29, 0.717) is 5.92 Å². The molecule has 2 atom stereocenters. The Morgan fingerprint density at radius 3 is 2.72 bits per heavy atom. The van der Waals surface area contributed by atoms with Crippen molar-refractivity contribution in [1.29, 1.82) is 0 Å². The fraction of sp³-hybridized carbons (Fsp3) is 0.923. The molecule has 1 saturated carbocycles. The number of guanidine groups is 1. The summed E-state index contributed by atoms with van der Waals surface area (Å²) >= 11 is 0. The molecule has 1 spiro atoms. The standard InChI is InChI=1S/C13H25N3O2/c1-14-12(15-2)16-9-10-3-4-13(11(10)17)5-7-18-8-6-13/h10-11,17H,3-9H2,1-2H3,(H2,14,15,16). The maximum absolute atomic E-state index is 10.6. The van der Waals surface area contributed by atoms with E-state index < -0.39 is 0 Å². The van der Waals surface area contributed by atoms with Crippen LogP contribution in [0.4, 0.5) is 0 Å². The Morgan fingerprint density at radius 1 is 1.39 bits per heavy atom. The van der Waals surface area contributed by atoms with Crippen LogP contribution in [0, 0.1) is 11.3 Å². The first-order valence-corrected chi connectivity index (χ1v) is 6.86. The number of aliphatic hydroxyl groups is 1. The van der Waals surface area contributed by atoms with Crippen LogP contribution in [0.3, 0.4) is 0 Å². The summed E-state index contributed by atoms with van der Waals surface area (Å²) in [5.74, 6) is 1.11. The molecule has 1 saturated heterocycles. The summed E-state index contributed by atoms with van der Waals surface area (Å²) in [6.07, 6.45) is 4.03. The molecule has 0 aromatic carbocycles. The monoisotopic (exact) mass is 255 g/mol. The summed E-state index contributed by atoms with van der Waals surface area (Å²) in [5.41, 5.74) is 0.119. The van der Waals surface area contributed by atoms with Gasteiger partial charge in [-0.15, -0.1) is 0 Å². The van der Waals surface area contributed by atoms with Crippen molar-refractivity contribution in [3.8, 4) is 0 Å². The lowest BCUT2D eigenvalue weighted by atomic mass is 9.76. The Labute approximate surface area is 109 Å². The van der Waals surface area contributed by atoms with Gasteiger partial charge in [0.25, 0.3) is 0 Å². The molecule has 0 radical (unpaired) electrons. The molecule has 5 heteroatoms. The highest BCUT2D eigenvalue weighted by Crippen LogP contribution is 2.48. The van der Waals surface area contributed by atoms with Crippen LogP contribution >= 0.6 is 0 Å². The van der Waals surface area contributed by atoms with Crippen LogP contribution < -0.4 is 10.6 Å². The second-order valence-electron chi connectivity index (χ2n) is 5.42. The molecule has 18 heavy (non-hydrogen) atoms. The van der Waals surface area contributed by atoms with Crippen LogP contribution in [0.25, 0.3) is 0 Å². The first-order chi connectivity index (χ1) is 8.72. The van der Waals surface area contributed by atoms with Gasteiger partial charge in [-0.25, -0.2) is 0 Å². The summed E-state index contributed by atoms with van der Waals surface area (Å²) in [5, 5.41) is 16.8. The molecule has 104 valence electrons. The van der Waals surface area contributed by atoms with E-state index in [1.54, 1.807) is 7.05 Å². The maximum atomic E-state index is 10.6. The predicted molar refractivity (Wildman–Crippen MR) is 71.6 cm³/mol. The van der Waals surface area contributed by atoms with Crippen molar-refractivity contribution in [2.45, 2.75) is 31.8 Å². The van der Waals surface area contributed by atoms with Crippen LogP contribution in [0.1, 0.15) is 25.7 Å². The van der Waals surface area contributed by atoms with Crippen LogP contribution in [0.2, 0.25) is 0 Å². The lowest BCUT2D eigenvalue weighted by Gasteiger charge is -2.37. The van der Waals surface area contributed by atoms with Gasteiger partial charge in [0.1, 0.15) is 0 Å². The predicted octanol–water partition coefficient (Wildman–Crippen LogP) is 0.349. The quantitative estimate of drug-likeness (QED) is 0.492. The highest BCUT2D eigenvalue weighted by Gasteiger charge is 2.47. The van der Waals surface area contributed by atoms with Crippen LogP contribution in [-0.2, 0) is 4.74 Å². The van der Waals surface area contributed by atoms with E-state index in [0.717, 1.165) is 51.4 Å². The van der Waals surface area contributed by atoms with Gasteiger partial charge in [-0.3, -0.25) is 4.99 Å². The third-order valence-electron chi connectivity index (χ3n) is 4.57. The van der Waals surface area contributed by atoms with Gasteiger partial charge in [0, 0.05) is 45.2 Å². The number of aliphatic hydroxyl groups excluding tert-OH is 1. The van der Waals surface area contributed by atoms with Crippen molar-refractivity contribution in [2.24, 2.45) is 16.3 Å². The van der Waals surface area contributed by atoms with E-state index in [1.807, 2.05) is 7.05 Å². The summed E-state index contributed by atoms with van der Waals surface area (Å²) in [7, 11) is 3.60. The molecular formula is C13H25N3O2. The lowest BCUT2D eigenvalue weighted by molar-refractivity contribution is -0.0553. The second kappa shape index (κ2) is 5.89. The molecule has 2 aliphatic rings. The summed E-state index contributed by atoms with van der Waals surface area (Å²) in [6, 6.07) is 0. The minimum Gasteiger partial charge on any atom is -0.392 e. The third kappa shape index (κ3) is 2.62. The molecular weight excluding hydrogens is 230 g/mol. The summed E-state index contributed by atoms with van der Waals surface area (Å²) in [6.45, 7) is 2.39. The fourth-order valence-electron chi connectivity index (χ4n) is 3.32. The lowest BCUT2D eigenvalue weighted by Crippen LogP contribution is -2.43. The molecule has 1 aliphatic heterocycles. The third-order valence-corrected chi connectivity index (χ3v) is 4.57. The fourth-order valence-corrected chi connectivity index (χ4v) is 3.32. The van der Waals surface area contributed by atoms with Crippen molar-refractivity contribution >= 4 is 5.96 Å². The van der Waals surface area contributed by atoms with E-state index in [4.69, 9.17) is 4.74 Å². The zero-order chi connectivity index (χ0) is 13.0. The van der Waals surface area contributed by atoms with E-state index in [9.17, 15) is 5.11 Å². The van der Waals surface area contributed by atoms with E-state index in [1.165, 1.54) is 0 Å². The van der Waals surface area contributed by atoms with E-state index in [-0.39, 0.29) is 11.5 Å². The van der Waals surface area contributed by atoms with Crippen molar-refractivity contribution in [2.75, 3.05) is 33.9 Å². The van der Waals surface area contributed by atoms with Gasteiger partial charge in [-0.05, 0) is 25.7 Å². The minimum absolute atomic E-state index is 0.119. The molecule has 0 aromatic rings. The van der Waals surface area contributed by atoms with Gasteiger partial charge in [-0.1, -0.05) is 0 Å². The van der Waals surface area contributed by atoms with Gasteiger partial charge >= 0.3 is 0 Å². The van der Waals surface area contributed by atoms with Gasteiger partial charge in [0.15, 0.2) is 5.96 Å². The number of nitrogens with zero attached hydrogens (tertiary/aromatic N) is 1. The van der Waals surface area contributed by atoms with Crippen molar-refractivity contribution in [3.05, 3.63) is 0 Å². The molecule has 0 aromatic heterocycles. The molecule has 1 aliphatic carbocycles. The molecule has 2 rings (SSSR count). The molecule has 3 N–H and O–H groups in total. The first-order valence-electron chi connectivity index (χ1n) is 6.86.